The summed E-state index contributed by atoms with van der Waals surface area (Å²) in [6.45, 7) is 11.0. The fourth-order valence-electron chi connectivity index (χ4n) is 1.58. The summed E-state index contributed by atoms with van der Waals surface area (Å²) in [6, 6.07) is 0. The van der Waals surface area contributed by atoms with Crippen molar-refractivity contribution in [2.75, 3.05) is 6.54 Å². The second kappa shape index (κ2) is 8.95. The lowest BCUT2D eigenvalue weighted by atomic mass is 10.1. The van der Waals surface area contributed by atoms with Crippen molar-refractivity contribution in [2.24, 2.45) is 10.7 Å². The molecule has 0 atom stereocenters. The summed E-state index contributed by atoms with van der Waals surface area (Å²) in [7, 11) is 0. The Morgan fingerprint density at radius 2 is 2.11 bits per heavy atom. The molecule has 6 heteroatoms. The SMILES string of the molecule is C=C(C)CNC(N)=NCc1c(CC)noc1CC.I. The number of hydrogen-bond donors (Lipinski definition) is 2. The van der Waals surface area contributed by atoms with E-state index in [1.54, 1.807) is 0 Å². The summed E-state index contributed by atoms with van der Waals surface area (Å²) in [4.78, 5) is 4.30. The number of nitrogens with zero attached hydrogens (tertiary/aromatic N) is 2. The van der Waals surface area contributed by atoms with Gasteiger partial charge in [0.1, 0.15) is 5.76 Å². The number of guanidine groups is 1. The average molecular weight is 378 g/mol. The smallest absolute Gasteiger partial charge is 0.189 e. The van der Waals surface area contributed by atoms with Gasteiger partial charge in [0.15, 0.2) is 5.96 Å². The minimum atomic E-state index is 0. The molecule has 0 radical (unpaired) electrons. The predicted molar refractivity (Wildman–Crippen MR) is 88.8 cm³/mol. The Hall–Kier alpha value is -1.05. The number of rotatable bonds is 6. The molecule has 0 unspecified atom stereocenters. The number of halogens is 1. The third kappa shape index (κ3) is 5.63. The van der Waals surface area contributed by atoms with E-state index in [0.717, 1.165) is 35.4 Å². The molecule has 19 heavy (non-hydrogen) atoms. The van der Waals surface area contributed by atoms with E-state index in [4.69, 9.17) is 10.3 Å². The molecule has 1 heterocycles. The molecule has 1 aromatic rings. The number of nitrogens with one attached hydrogen (secondary N) is 1. The molecular formula is C13H23IN4O. The average Bonchev–Trinajstić information content (AvgIpc) is 2.75. The second-order valence-corrected chi connectivity index (χ2v) is 4.25. The number of aromatic nitrogens is 1. The van der Waals surface area contributed by atoms with Crippen LogP contribution < -0.4 is 11.1 Å². The molecule has 0 aliphatic heterocycles. The fourth-order valence-corrected chi connectivity index (χ4v) is 1.58. The van der Waals surface area contributed by atoms with Gasteiger partial charge in [0.25, 0.3) is 0 Å². The summed E-state index contributed by atoms with van der Waals surface area (Å²) in [6.07, 6.45) is 1.66. The Morgan fingerprint density at radius 1 is 1.42 bits per heavy atom. The maximum atomic E-state index is 5.77. The van der Waals surface area contributed by atoms with Crippen LogP contribution in [-0.4, -0.2) is 17.7 Å². The molecule has 0 amide bonds. The fraction of sp³-hybridized carbons (Fsp3) is 0.538. The van der Waals surface area contributed by atoms with Gasteiger partial charge in [-0.1, -0.05) is 31.2 Å². The minimum Gasteiger partial charge on any atom is -0.370 e. The van der Waals surface area contributed by atoms with Gasteiger partial charge in [0, 0.05) is 18.5 Å². The van der Waals surface area contributed by atoms with Crippen molar-refractivity contribution in [3.8, 4) is 0 Å². The van der Waals surface area contributed by atoms with Crippen molar-refractivity contribution < 1.29 is 4.52 Å². The Morgan fingerprint density at radius 3 is 2.63 bits per heavy atom. The van der Waals surface area contributed by atoms with E-state index in [2.05, 4.69) is 22.0 Å². The first-order valence-electron chi connectivity index (χ1n) is 6.22. The Labute approximate surface area is 131 Å². The van der Waals surface area contributed by atoms with Gasteiger partial charge in [-0.2, -0.15) is 0 Å². The maximum absolute atomic E-state index is 5.77. The van der Waals surface area contributed by atoms with E-state index < -0.39 is 0 Å². The zero-order valence-corrected chi connectivity index (χ0v) is 14.2. The molecule has 1 aromatic heterocycles. The van der Waals surface area contributed by atoms with Gasteiger partial charge in [-0.15, -0.1) is 24.0 Å². The molecule has 0 fully saturated rings. The van der Waals surface area contributed by atoms with E-state index in [1.165, 1.54) is 0 Å². The predicted octanol–water partition coefficient (Wildman–Crippen LogP) is 2.40. The zero-order valence-electron chi connectivity index (χ0n) is 11.8. The van der Waals surface area contributed by atoms with E-state index in [1.807, 2.05) is 20.8 Å². The number of nitrogens with two attached hydrogens (primary N) is 1. The van der Waals surface area contributed by atoms with Crippen LogP contribution in [0.3, 0.4) is 0 Å². The lowest BCUT2D eigenvalue weighted by Gasteiger charge is -2.05. The molecule has 0 spiro atoms. The Kier molecular flexibility index (Phi) is 8.46. The lowest BCUT2D eigenvalue weighted by Crippen LogP contribution is -2.32. The Balaban J connectivity index is 0.00000324. The van der Waals surface area contributed by atoms with Crippen LogP contribution in [-0.2, 0) is 19.4 Å². The summed E-state index contributed by atoms with van der Waals surface area (Å²) in [5.41, 5.74) is 8.80. The molecule has 1 rings (SSSR count). The highest BCUT2D eigenvalue weighted by Gasteiger charge is 2.12. The molecule has 0 bridgehead atoms. The van der Waals surface area contributed by atoms with Gasteiger partial charge in [0.05, 0.1) is 12.2 Å². The van der Waals surface area contributed by atoms with Crippen LogP contribution in [0.2, 0.25) is 0 Å². The van der Waals surface area contributed by atoms with E-state index in [0.29, 0.717) is 19.0 Å². The van der Waals surface area contributed by atoms with E-state index in [9.17, 15) is 0 Å². The molecule has 0 saturated carbocycles. The molecule has 0 aliphatic carbocycles. The maximum Gasteiger partial charge on any atom is 0.189 e. The summed E-state index contributed by atoms with van der Waals surface area (Å²) < 4.78 is 5.27. The highest BCUT2D eigenvalue weighted by molar-refractivity contribution is 14.0. The molecule has 5 nitrogen and oxygen atoms in total. The van der Waals surface area contributed by atoms with Gasteiger partial charge in [0.2, 0.25) is 0 Å². The Bertz CT molecular complexity index is 418. The van der Waals surface area contributed by atoms with Crippen LogP contribution in [0, 0.1) is 0 Å². The van der Waals surface area contributed by atoms with Crippen molar-refractivity contribution in [1.82, 2.24) is 10.5 Å². The van der Waals surface area contributed by atoms with Crippen molar-refractivity contribution in [3.63, 3.8) is 0 Å². The first-order chi connectivity index (χ1) is 8.58. The van der Waals surface area contributed by atoms with Crippen LogP contribution in [0.25, 0.3) is 0 Å². The lowest BCUT2D eigenvalue weighted by molar-refractivity contribution is 0.380. The molecular weight excluding hydrogens is 355 g/mol. The van der Waals surface area contributed by atoms with Crippen molar-refractivity contribution in [2.45, 2.75) is 40.2 Å². The number of aliphatic imine (C=N–C) groups is 1. The summed E-state index contributed by atoms with van der Waals surface area (Å²) in [5, 5.41) is 7.03. The monoisotopic (exact) mass is 378 g/mol. The van der Waals surface area contributed by atoms with Gasteiger partial charge in [-0.3, -0.25) is 0 Å². The van der Waals surface area contributed by atoms with Crippen LogP contribution in [0.1, 0.15) is 37.8 Å². The van der Waals surface area contributed by atoms with Gasteiger partial charge in [-0.25, -0.2) is 4.99 Å². The van der Waals surface area contributed by atoms with Crippen LogP contribution in [0.5, 0.6) is 0 Å². The van der Waals surface area contributed by atoms with E-state index in [-0.39, 0.29) is 24.0 Å². The third-order valence-corrected chi connectivity index (χ3v) is 2.59. The highest BCUT2D eigenvalue weighted by Crippen LogP contribution is 2.16. The highest BCUT2D eigenvalue weighted by atomic mass is 127. The molecule has 0 aromatic carbocycles. The standard InChI is InChI=1S/C13H22N4O.HI/c1-5-11-10(12(6-2)18-17-11)8-16-13(14)15-7-9(3)4;/h3,5-8H2,1-2,4H3,(H3,14,15,16);1H. The normalized spacial score (nSPS) is 11.0. The molecule has 108 valence electrons. The quantitative estimate of drug-likeness (QED) is 0.345. The van der Waals surface area contributed by atoms with Crippen molar-refractivity contribution >= 4 is 29.9 Å². The van der Waals surface area contributed by atoms with Crippen molar-refractivity contribution in [3.05, 3.63) is 29.2 Å². The van der Waals surface area contributed by atoms with Gasteiger partial charge in [-0.05, 0) is 13.3 Å². The second-order valence-electron chi connectivity index (χ2n) is 4.25. The number of aryl methyl sites for hydroxylation is 2. The van der Waals surface area contributed by atoms with Crippen LogP contribution in [0.15, 0.2) is 21.7 Å². The van der Waals surface area contributed by atoms with Crippen molar-refractivity contribution in [1.29, 1.82) is 0 Å². The van der Waals surface area contributed by atoms with Gasteiger partial charge >= 0.3 is 0 Å². The third-order valence-electron chi connectivity index (χ3n) is 2.59. The largest absolute Gasteiger partial charge is 0.370 e. The first-order valence-corrected chi connectivity index (χ1v) is 6.22. The molecule has 0 saturated heterocycles. The van der Waals surface area contributed by atoms with E-state index >= 15 is 0 Å². The molecule has 3 N–H and O–H groups in total. The van der Waals surface area contributed by atoms with Crippen LogP contribution >= 0.6 is 24.0 Å². The summed E-state index contributed by atoms with van der Waals surface area (Å²) in [5.74, 6) is 1.31. The molecule has 0 aliphatic rings. The number of hydrogen-bond acceptors (Lipinski definition) is 3. The van der Waals surface area contributed by atoms with Crippen LogP contribution in [0.4, 0.5) is 0 Å². The summed E-state index contributed by atoms with van der Waals surface area (Å²) >= 11 is 0. The topological polar surface area (TPSA) is 76.4 Å². The minimum absolute atomic E-state index is 0. The zero-order chi connectivity index (χ0) is 13.5. The first kappa shape index (κ1) is 17.9. The van der Waals surface area contributed by atoms with Gasteiger partial charge < -0.3 is 15.6 Å².